The molecule has 2 saturated carbocycles. The fourth-order valence-corrected chi connectivity index (χ4v) is 2.30. The van der Waals surface area contributed by atoms with Gasteiger partial charge in [-0.05, 0) is 43.7 Å². The fraction of sp³-hybridized carbons (Fsp3) is 0.615. The van der Waals surface area contributed by atoms with Crippen molar-refractivity contribution in [2.45, 2.75) is 37.9 Å². The maximum Gasteiger partial charge on any atom is 0.416 e. The van der Waals surface area contributed by atoms with Crippen molar-refractivity contribution >= 4 is 11.6 Å². The number of aromatic nitrogens is 1. The van der Waals surface area contributed by atoms with E-state index >= 15 is 0 Å². The topological polar surface area (TPSA) is 54.2 Å². The quantitative estimate of drug-likeness (QED) is 0.645. The van der Waals surface area contributed by atoms with Gasteiger partial charge in [-0.25, -0.2) is 10.8 Å². The normalized spacial score (nSPS) is 19.0. The molecule has 0 saturated heterocycles. The zero-order chi connectivity index (χ0) is 14.3. The Labute approximate surface area is 115 Å². The van der Waals surface area contributed by atoms with E-state index in [0.29, 0.717) is 17.8 Å². The molecule has 2 aliphatic rings. The van der Waals surface area contributed by atoms with Gasteiger partial charge in [-0.1, -0.05) is 0 Å². The maximum atomic E-state index is 12.9. The molecule has 2 fully saturated rings. The predicted molar refractivity (Wildman–Crippen MR) is 70.1 cm³/mol. The van der Waals surface area contributed by atoms with E-state index in [-0.39, 0.29) is 5.82 Å². The third-order valence-electron chi connectivity index (χ3n) is 3.72. The van der Waals surface area contributed by atoms with Crippen molar-refractivity contribution in [3.63, 3.8) is 0 Å². The molecule has 1 heterocycles. The lowest BCUT2D eigenvalue weighted by molar-refractivity contribution is -0.137. The van der Waals surface area contributed by atoms with E-state index in [0.717, 1.165) is 44.4 Å². The van der Waals surface area contributed by atoms with E-state index in [1.54, 1.807) is 0 Å². The van der Waals surface area contributed by atoms with Gasteiger partial charge < -0.3 is 10.3 Å². The van der Waals surface area contributed by atoms with Crippen LogP contribution in [-0.4, -0.2) is 17.6 Å². The molecule has 4 nitrogen and oxygen atoms in total. The van der Waals surface area contributed by atoms with Crippen LogP contribution in [0.15, 0.2) is 12.1 Å². The van der Waals surface area contributed by atoms with Crippen molar-refractivity contribution in [1.29, 1.82) is 0 Å². The van der Waals surface area contributed by atoms with Gasteiger partial charge in [-0.2, -0.15) is 13.2 Å². The Balaban J connectivity index is 1.92. The molecule has 0 spiro atoms. The minimum Gasteiger partial charge on any atom is -0.353 e. The monoisotopic (exact) mass is 286 g/mol. The van der Waals surface area contributed by atoms with Crippen molar-refractivity contribution in [2.24, 2.45) is 11.8 Å². The van der Waals surface area contributed by atoms with Gasteiger partial charge in [-0.3, -0.25) is 0 Å². The zero-order valence-corrected chi connectivity index (χ0v) is 11.0. The molecule has 110 valence electrons. The van der Waals surface area contributed by atoms with Crippen molar-refractivity contribution in [3.05, 3.63) is 17.7 Å². The van der Waals surface area contributed by atoms with E-state index in [1.807, 2.05) is 4.90 Å². The van der Waals surface area contributed by atoms with Gasteiger partial charge in [0.1, 0.15) is 11.6 Å². The highest BCUT2D eigenvalue weighted by molar-refractivity contribution is 5.52. The van der Waals surface area contributed by atoms with Gasteiger partial charge in [0, 0.05) is 12.6 Å². The second-order valence-corrected chi connectivity index (χ2v) is 5.57. The van der Waals surface area contributed by atoms with E-state index < -0.39 is 11.7 Å². The third kappa shape index (κ3) is 2.98. The number of anilines is 2. The molecule has 2 aliphatic carbocycles. The van der Waals surface area contributed by atoms with Crippen LogP contribution < -0.4 is 16.2 Å². The predicted octanol–water partition coefficient (Wildman–Crippen LogP) is 2.76. The molecule has 3 rings (SSSR count). The summed E-state index contributed by atoms with van der Waals surface area (Å²) in [6, 6.07) is 2.39. The second kappa shape index (κ2) is 4.80. The Morgan fingerprint density at radius 3 is 2.45 bits per heavy atom. The van der Waals surface area contributed by atoms with Gasteiger partial charge in [-0.15, -0.1) is 0 Å². The van der Waals surface area contributed by atoms with Crippen LogP contribution in [0.1, 0.15) is 31.2 Å². The smallest absolute Gasteiger partial charge is 0.353 e. The number of halogens is 3. The first-order valence-corrected chi connectivity index (χ1v) is 6.80. The molecular weight excluding hydrogens is 269 g/mol. The summed E-state index contributed by atoms with van der Waals surface area (Å²) < 4.78 is 38.8. The summed E-state index contributed by atoms with van der Waals surface area (Å²) in [6.45, 7) is 0.795. The van der Waals surface area contributed by atoms with Crippen LogP contribution in [0.3, 0.4) is 0 Å². The van der Waals surface area contributed by atoms with Gasteiger partial charge in [0.05, 0.1) is 5.56 Å². The Kier molecular flexibility index (Phi) is 3.24. The number of alkyl halides is 3. The van der Waals surface area contributed by atoms with Crippen LogP contribution in [0.25, 0.3) is 0 Å². The number of nitrogens with two attached hydrogens (primary N) is 1. The molecule has 0 radical (unpaired) electrons. The number of nitrogens with one attached hydrogen (secondary N) is 1. The summed E-state index contributed by atoms with van der Waals surface area (Å²) in [7, 11) is 0. The SMILES string of the molecule is NNc1cc(C(F)(F)F)cc(N(CC2CC2)C2CC2)n1. The van der Waals surface area contributed by atoms with Crippen molar-refractivity contribution in [3.8, 4) is 0 Å². The van der Waals surface area contributed by atoms with Gasteiger partial charge in [0.15, 0.2) is 0 Å². The lowest BCUT2D eigenvalue weighted by atomic mass is 10.2. The number of nitrogen functional groups attached to an aromatic ring is 1. The summed E-state index contributed by atoms with van der Waals surface area (Å²) in [4.78, 5) is 6.21. The average Bonchev–Trinajstić information content (AvgIpc) is 3.26. The molecule has 0 aromatic carbocycles. The molecule has 0 atom stereocenters. The summed E-state index contributed by atoms with van der Waals surface area (Å²) in [5.74, 6) is 6.27. The molecule has 0 amide bonds. The molecule has 1 aromatic rings. The van der Waals surface area contributed by atoms with Crippen LogP contribution in [0.5, 0.6) is 0 Å². The van der Waals surface area contributed by atoms with Gasteiger partial charge in [0.2, 0.25) is 0 Å². The molecule has 0 aliphatic heterocycles. The summed E-state index contributed by atoms with van der Waals surface area (Å²) in [5.41, 5.74) is 1.51. The first kappa shape index (κ1) is 13.5. The van der Waals surface area contributed by atoms with Crippen molar-refractivity contribution in [2.75, 3.05) is 16.9 Å². The molecule has 0 bridgehead atoms. The zero-order valence-electron chi connectivity index (χ0n) is 11.0. The van der Waals surface area contributed by atoms with Crippen LogP contribution in [0.2, 0.25) is 0 Å². The molecular formula is C13H17F3N4. The number of rotatable bonds is 5. The van der Waals surface area contributed by atoms with Crippen molar-refractivity contribution < 1.29 is 13.2 Å². The lowest BCUT2D eigenvalue weighted by Crippen LogP contribution is -2.29. The Morgan fingerprint density at radius 2 is 1.95 bits per heavy atom. The Hall–Kier alpha value is -1.50. The van der Waals surface area contributed by atoms with Crippen LogP contribution in [0, 0.1) is 5.92 Å². The highest BCUT2D eigenvalue weighted by atomic mass is 19.4. The molecule has 3 N–H and O–H groups in total. The number of nitrogens with zero attached hydrogens (tertiary/aromatic N) is 2. The van der Waals surface area contributed by atoms with Crippen LogP contribution in [-0.2, 0) is 6.18 Å². The molecule has 1 aromatic heterocycles. The standard InChI is InChI=1S/C13H17F3N4/c14-13(15,16)9-5-11(19-17)18-12(6-9)20(10-3-4-10)7-8-1-2-8/h5-6,8,10H,1-4,7,17H2,(H,18,19). The van der Waals surface area contributed by atoms with Crippen molar-refractivity contribution in [1.82, 2.24) is 4.98 Å². The summed E-state index contributed by atoms with van der Waals surface area (Å²) >= 11 is 0. The minimum absolute atomic E-state index is 0.0521. The number of hydrazine groups is 1. The Bertz CT molecular complexity index is 495. The number of pyridine rings is 1. The molecule has 20 heavy (non-hydrogen) atoms. The fourth-order valence-electron chi connectivity index (χ4n) is 2.30. The average molecular weight is 286 g/mol. The molecule has 0 unspecified atom stereocenters. The van der Waals surface area contributed by atoms with Crippen LogP contribution >= 0.6 is 0 Å². The Morgan fingerprint density at radius 1 is 1.25 bits per heavy atom. The first-order valence-electron chi connectivity index (χ1n) is 6.80. The number of hydrogen-bond donors (Lipinski definition) is 2. The highest BCUT2D eigenvalue weighted by Gasteiger charge is 2.37. The number of hydrogen-bond acceptors (Lipinski definition) is 4. The maximum absolute atomic E-state index is 12.9. The second-order valence-electron chi connectivity index (χ2n) is 5.57. The third-order valence-corrected chi connectivity index (χ3v) is 3.72. The minimum atomic E-state index is -4.39. The van der Waals surface area contributed by atoms with E-state index in [9.17, 15) is 13.2 Å². The highest BCUT2D eigenvalue weighted by Crippen LogP contribution is 2.39. The van der Waals surface area contributed by atoms with E-state index in [1.165, 1.54) is 0 Å². The van der Waals surface area contributed by atoms with E-state index in [4.69, 9.17) is 5.84 Å². The largest absolute Gasteiger partial charge is 0.416 e. The van der Waals surface area contributed by atoms with Gasteiger partial charge >= 0.3 is 6.18 Å². The first-order chi connectivity index (χ1) is 9.47. The summed E-state index contributed by atoms with van der Waals surface area (Å²) in [6.07, 6.45) is -0.0293. The molecule has 7 heteroatoms. The van der Waals surface area contributed by atoms with Gasteiger partial charge in [0.25, 0.3) is 0 Å². The van der Waals surface area contributed by atoms with E-state index in [2.05, 4.69) is 10.4 Å². The van der Waals surface area contributed by atoms with Crippen LogP contribution in [0.4, 0.5) is 24.8 Å². The summed E-state index contributed by atoms with van der Waals surface area (Å²) in [5, 5.41) is 0. The lowest BCUT2D eigenvalue weighted by Gasteiger charge is -2.25.